The number of benzene rings is 1. The number of Topliss-reactive ketones (excluding diaryl/α,β-unsaturated/α-hetero) is 2. The Balaban J connectivity index is 1.71. The maximum atomic E-state index is 13.6. The Morgan fingerprint density at radius 1 is 1.02 bits per heavy atom. The van der Waals surface area contributed by atoms with E-state index < -0.39 is 54.2 Å². The molecule has 41 heavy (non-hydrogen) atoms. The largest absolute Gasteiger partial charge is 0.379 e. The molecule has 0 bridgehead atoms. The average molecular weight is 580 g/mol. The minimum atomic E-state index is -3.12. The Bertz CT molecular complexity index is 1030. The monoisotopic (exact) mass is 579 g/mol. The summed E-state index contributed by atoms with van der Waals surface area (Å²) >= 11 is 0. The van der Waals surface area contributed by atoms with Crippen molar-refractivity contribution in [3.8, 4) is 0 Å². The van der Waals surface area contributed by atoms with E-state index in [1.54, 1.807) is 0 Å². The van der Waals surface area contributed by atoms with Crippen LogP contribution in [0.2, 0.25) is 0 Å². The molecule has 1 saturated carbocycles. The summed E-state index contributed by atoms with van der Waals surface area (Å²) in [7, 11) is 0. The molecule has 1 aliphatic heterocycles. The van der Waals surface area contributed by atoms with Gasteiger partial charge >= 0.3 is 6.61 Å². The molecule has 2 aliphatic rings. The highest BCUT2D eigenvalue weighted by Gasteiger charge is 2.48. The predicted molar refractivity (Wildman–Crippen MR) is 148 cm³/mol. The lowest BCUT2D eigenvalue weighted by atomic mass is 9.88. The summed E-state index contributed by atoms with van der Waals surface area (Å²) in [6.07, 6.45) is 1.90. The molecular formula is C30H43F2N3O6. The van der Waals surface area contributed by atoms with E-state index in [0.717, 1.165) is 18.4 Å². The molecule has 0 aromatic heterocycles. The van der Waals surface area contributed by atoms with Crippen molar-refractivity contribution in [3.63, 3.8) is 0 Å². The zero-order valence-electron chi connectivity index (χ0n) is 24.2. The second-order valence-electron chi connectivity index (χ2n) is 11.8. The summed E-state index contributed by atoms with van der Waals surface area (Å²) in [4.78, 5) is 54.8. The van der Waals surface area contributed by atoms with Crippen LogP contribution in [-0.4, -0.2) is 86.4 Å². The highest BCUT2D eigenvalue weighted by molar-refractivity contribution is 5.97. The number of carbonyl (C=O) groups is 4. The number of nitrogens with one attached hydrogen (secondary N) is 2. The predicted octanol–water partition coefficient (Wildman–Crippen LogP) is 2.76. The Kier molecular flexibility index (Phi) is 12.4. The van der Waals surface area contributed by atoms with E-state index in [9.17, 15) is 28.0 Å². The summed E-state index contributed by atoms with van der Waals surface area (Å²) < 4.78 is 35.4. The number of hydrogen-bond acceptors (Lipinski definition) is 7. The summed E-state index contributed by atoms with van der Waals surface area (Å²) in [6, 6.07) is 7.30. The lowest BCUT2D eigenvalue weighted by molar-refractivity contribution is -0.148. The second-order valence-corrected chi connectivity index (χ2v) is 11.8. The average Bonchev–Trinajstić information content (AvgIpc) is 3.68. The number of hydrogen-bond donors (Lipinski definition) is 2. The third-order valence-corrected chi connectivity index (χ3v) is 7.67. The molecule has 1 heterocycles. The molecule has 2 amide bonds. The van der Waals surface area contributed by atoms with Crippen LogP contribution in [0.25, 0.3) is 0 Å². The SMILES string of the molecule is CC(C)C[C@H](CC(=O)[C@H](COC(F)F)NC(=O)CN1CCOCC1)C(=O)N[C@@H](Cc1ccccc1)C(=O)C1(C)CC1. The molecule has 0 spiro atoms. The van der Waals surface area contributed by atoms with E-state index in [1.807, 2.05) is 56.0 Å². The molecule has 1 saturated heterocycles. The number of ketones is 2. The molecule has 228 valence electrons. The molecule has 3 atom stereocenters. The van der Waals surface area contributed by atoms with Crippen LogP contribution in [0, 0.1) is 17.3 Å². The standard InChI is InChI=1S/C30H43F2N3O6/c1-20(2)15-22(28(39)34-23(27(38)30(3)9-10-30)16-21-7-5-4-6-8-21)17-25(36)24(19-41-29(31)32)33-26(37)18-35-11-13-40-14-12-35/h4-8,20,22-24,29H,9-19H2,1-3H3,(H,33,37)(H,34,39)/t22-,23+,24+/m1/s1. The van der Waals surface area contributed by atoms with Gasteiger partial charge in [-0.2, -0.15) is 8.78 Å². The Labute approximate surface area is 240 Å². The van der Waals surface area contributed by atoms with E-state index >= 15 is 0 Å². The van der Waals surface area contributed by atoms with Gasteiger partial charge in [0.15, 0.2) is 11.6 Å². The molecule has 1 aromatic rings. The van der Waals surface area contributed by atoms with Crippen molar-refractivity contribution in [1.29, 1.82) is 0 Å². The van der Waals surface area contributed by atoms with Crippen LogP contribution in [0.4, 0.5) is 8.78 Å². The normalized spacial score (nSPS) is 18.9. The third kappa shape index (κ3) is 10.9. The van der Waals surface area contributed by atoms with Crippen molar-refractivity contribution in [2.75, 3.05) is 39.5 Å². The van der Waals surface area contributed by atoms with E-state index in [2.05, 4.69) is 15.4 Å². The minimum absolute atomic E-state index is 0.0141. The van der Waals surface area contributed by atoms with Crippen molar-refractivity contribution in [1.82, 2.24) is 15.5 Å². The van der Waals surface area contributed by atoms with Crippen molar-refractivity contribution in [2.24, 2.45) is 17.3 Å². The van der Waals surface area contributed by atoms with Gasteiger partial charge in [-0.25, -0.2) is 0 Å². The number of alkyl halides is 2. The molecule has 3 rings (SSSR count). The topological polar surface area (TPSA) is 114 Å². The maximum absolute atomic E-state index is 13.6. The highest BCUT2D eigenvalue weighted by Crippen LogP contribution is 2.46. The van der Waals surface area contributed by atoms with Gasteiger partial charge in [0.25, 0.3) is 0 Å². The molecule has 11 heteroatoms. The summed E-state index contributed by atoms with van der Waals surface area (Å²) in [6.45, 7) is 3.89. The van der Waals surface area contributed by atoms with Gasteiger partial charge in [-0.05, 0) is 37.2 Å². The number of morpholine rings is 1. The van der Waals surface area contributed by atoms with Crippen molar-refractivity contribution >= 4 is 23.4 Å². The number of carbonyl (C=O) groups excluding carboxylic acids is 4. The zero-order valence-corrected chi connectivity index (χ0v) is 24.2. The van der Waals surface area contributed by atoms with Crippen LogP contribution < -0.4 is 10.6 Å². The maximum Gasteiger partial charge on any atom is 0.345 e. The minimum Gasteiger partial charge on any atom is -0.379 e. The van der Waals surface area contributed by atoms with Gasteiger partial charge in [0, 0.05) is 30.8 Å². The lowest BCUT2D eigenvalue weighted by Crippen LogP contribution is -2.51. The fourth-order valence-corrected chi connectivity index (χ4v) is 5.03. The van der Waals surface area contributed by atoms with Gasteiger partial charge < -0.3 is 20.1 Å². The summed E-state index contributed by atoms with van der Waals surface area (Å²) in [5.74, 6) is -2.34. The molecule has 2 N–H and O–H groups in total. The third-order valence-electron chi connectivity index (χ3n) is 7.67. The van der Waals surface area contributed by atoms with Gasteiger partial charge in [0.05, 0.1) is 32.4 Å². The number of amides is 2. The smallest absolute Gasteiger partial charge is 0.345 e. The number of nitrogens with zero attached hydrogens (tertiary/aromatic N) is 1. The van der Waals surface area contributed by atoms with Crippen molar-refractivity contribution < 1.29 is 37.4 Å². The quantitative estimate of drug-likeness (QED) is 0.292. The number of halogens is 2. The van der Waals surface area contributed by atoms with E-state index in [1.165, 1.54) is 0 Å². The molecule has 1 aromatic carbocycles. The molecule has 2 fully saturated rings. The van der Waals surface area contributed by atoms with Crippen LogP contribution in [-0.2, 0) is 35.1 Å². The molecule has 0 unspecified atom stereocenters. The van der Waals surface area contributed by atoms with Gasteiger partial charge in [-0.3, -0.25) is 24.1 Å². The first kappa shape index (κ1) is 32.8. The van der Waals surface area contributed by atoms with Crippen LogP contribution in [0.15, 0.2) is 30.3 Å². The molecule has 0 radical (unpaired) electrons. The van der Waals surface area contributed by atoms with Crippen LogP contribution in [0.3, 0.4) is 0 Å². The van der Waals surface area contributed by atoms with Crippen molar-refractivity contribution in [2.45, 2.75) is 71.6 Å². The molecule has 9 nitrogen and oxygen atoms in total. The van der Waals surface area contributed by atoms with E-state index in [-0.39, 0.29) is 24.7 Å². The Hall–Kier alpha value is -2.76. The molecular weight excluding hydrogens is 536 g/mol. The number of ether oxygens (including phenoxy) is 2. The van der Waals surface area contributed by atoms with Gasteiger partial charge in [0.1, 0.15) is 6.04 Å². The first-order valence-corrected chi connectivity index (χ1v) is 14.4. The summed E-state index contributed by atoms with van der Waals surface area (Å²) in [5.41, 5.74) is 0.428. The summed E-state index contributed by atoms with van der Waals surface area (Å²) in [5, 5.41) is 5.43. The van der Waals surface area contributed by atoms with Crippen LogP contribution in [0.1, 0.15) is 52.0 Å². The van der Waals surface area contributed by atoms with Gasteiger partial charge in [-0.1, -0.05) is 51.1 Å². The van der Waals surface area contributed by atoms with E-state index in [4.69, 9.17) is 4.74 Å². The zero-order chi connectivity index (χ0) is 30.0. The highest BCUT2D eigenvalue weighted by atomic mass is 19.3. The molecule has 1 aliphatic carbocycles. The number of rotatable bonds is 17. The van der Waals surface area contributed by atoms with Gasteiger partial charge in [-0.15, -0.1) is 0 Å². The first-order valence-electron chi connectivity index (χ1n) is 14.4. The Morgan fingerprint density at radius 3 is 2.27 bits per heavy atom. The van der Waals surface area contributed by atoms with Crippen LogP contribution >= 0.6 is 0 Å². The van der Waals surface area contributed by atoms with E-state index in [0.29, 0.717) is 39.1 Å². The Morgan fingerprint density at radius 2 is 1.68 bits per heavy atom. The van der Waals surface area contributed by atoms with Crippen LogP contribution in [0.5, 0.6) is 0 Å². The second kappa shape index (κ2) is 15.5. The van der Waals surface area contributed by atoms with Gasteiger partial charge in [0.2, 0.25) is 11.8 Å². The lowest BCUT2D eigenvalue weighted by Gasteiger charge is -2.28. The van der Waals surface area contributed by atoms with Crippen molar-refractivity contribution in [3.05, 3.63) is 35.9 Å². The first-order chi connectivity index (χ1) is 19.5. The fourth-order valence-electron chi connectivity index (χ4n) is 5.03. The fraction of sp³-hybridized carbons (Fsp3) is 0.667.